The van der Waals surface area contributed by atoms with Gasteiger partial charge in [-0.3, -0.25) is 0 Å². The van der Waals surface area contributed by atoms with Gasteiger partial charge in [0, 0.05) is 12.7 Å². The molecular formula is C18H20N2. The maximum Gasteiger partial charge on any atom is 0.0515 e. The SMILES string of the molecule is NCCCc1cccc2ccn(Cc3ccccc3)c12. The Morgan fingerprint density at radius 1 is 0.900 bits per heavy atom. The molecule has 0 radical (unpaired) electrons. The quantitative estimate of drug-likeness (QED) is 0.750. The second kappa shape index (κ2) is 5.93. The van der Waals surface area contributed by atoms with Gasteiger partial charge in [0.15, 0.2) is 0 Å². The Bertz CT molecular complexity index is 683. The number of fused-ring (bicyclic) bond motifs is 1. The Kier molecular flexibility index (Phi) is 3.84. The van der Waals surface area contributed by atoms with Crippen LogP contribution in [0.2, 0.25) is 0 Å². The summed E-state index contributed by atoms with van der Waals surface area (Å²) in [7, 11) is 0. The lowest BCUT2D eigenvalue weighted by Gasteiger charge is -2.10. The van der Waals surface area contributed by atoms with Gasteiger partial charge < -0.3 is 10.3 Å². The number of hydrogen-bond acceptors (Lipinski definition) is 1. The number of para-hydroxylation sites is 1. The van der Waals surface area contributed by atoms with E-state index in [2.05, 4.69) is 65.4 Å². The fourth-order valence-corrected chi connectivity index (χ4v) is 2.75. The molecule has 2 aromatic carbocycles. The van der Waals surface area contributed by atoms with E-state index in [1.165, 1.54) is 22.0 Å². The molecule has 20 heavy (non-hydrogen) atoms. The second-order valence-electron chi connectivity index (χ2n) is 5.18. The Morgan fingerprint density at radius 3 is 2.55 bits per heavy atom. The van der Waals surface area contributed by atoms with Crippen LogP contribution in [-0.2, 0) is 13.0 Å². The molecule has 102 valence electrons. The van der Waals surface area contributed by atoms with Crippen LogP contribution < -0.4 is 5.73 Å². The van der Waals surface area contributed by atoms with E-state index >= 15 is 0 Å². The van der Waals surface area contributed by atoms with Crippen LogP contribution in [-0.4, -0.2) is 11.1 Å². The third-order valence-corrected chi connectivity index (χ3v) is 3.72. The third-order valence-electron chi connectivity index (χ3n) is 3.72. The van der Waals surface area contributed by atoms with E-state index in [1.54, 1.807) is 0 Å². The molecule has 2 heteroatoms. The third kappa shape index (κ3) is 2.61. The number of rotatable bonds is 5. The van der Waals surface area contributed by atoms with E-state index in [9.17, 15) is 0 Å². The summed E-state index contributed by atoms with van der Waals surface area (Å²) in [5.74, 6) is 0. The lowest BCUT2D eigenvalue weighted by atomic mass is 10.1. The Balaban J connectivity index is 1.98. The first-order valence-corrected chi connectivity index (χ1v) is 7.19. The fraction of sp³-hybridized carbons (Fsp3) is 0.222. The molecule has 0 aliphatic rings. The molecule has 0 saturated carbocycles. The second-order valence-corrected chi connectivity index (χ2v) is 5.18. The van der Waals surface area contributed by atoms with Crippen LogP contribution in [0.3, 0.4) is 0 Å². The van der Waals surface area contributed by atoms with Gasteiger partial charge in [0.2, 0.25) is 0 Å². The minimum atomic E-state index is 0.746. The normalized spacial score (nSPS) is 11.1. The summed E-state index contributed by atoms with van der Waals surface area (Å²) < 4.78 is 2.34. The number of nitrogens with two attached hydrogens (primary N) is 1. The molecule has 1 aromatic heterocycles. The molecule has 0 saturated heterocycles. The molecule has 3 rings (SSSR count). The molecule has 0 aliphatic heterocycles. The van der Waals surface area contributed by atoms with Crippen molar-refractivity contribution < 1.29 is 0 Å². The standard InChI is InChI=1S/C18H20N2/c19-12-5-10-16-8-4-9-17-11-13-20(18(16)17)14-15-6-2-1-3-7-15/h1-4,6-9,11,13H,5,10,12,14,19H2. The number of benzene rings is 2. The first-order valence-electron chi connectivity index (χ1n) is 7.19. The van der Waals surface area contributed by atoms with Crippen molar-refractivity contribution in [1.82, 2.24) is 4.57 Å². The first-order chi connectivity index (χ1) is 9.88. The zero-order valence-electron chi connectivity index (χ0n) is 11.6. The van der Waals surface area contributed by atoms with Gasteiger partial charge in [-0.15, -0.1) is 0 Å². The molecule has 3 aromatic rings. The van der Waals surface area contributed by atoms with Gasteiger partial charge in [-0.1, -0.05) is 48.5 Å². The van der Waals surface area contributed by atoms with Gasteiger partial charge >= 0.3 is 0 Å². The molecule has 0 spiro atoms. The monoisotopic (exact) mass is 264 g/mol. The van der Waals surface area contributed by atoms with Crippen molar-refractivity contribution in [2.24, 2.45) is 5.73 Å². The topological polar surface area (TPSA) is 30.9 Å². The van der Waals surface area contributed by atoms with Gasteiger partial charge in [0.1, 0.15) is 0 Å². The van der Waals surface area contributed by atoms with Gasteiger partial charge in [-0.05, 0) is 42.0 Å². The van der Waals surface area contributed by atoms with Gasteiger partial charge in [0.05, 0.1) is 5.52 Å². The molecule has 2 N–H and O–H groups in total. The predicted molar refractivity (Wildman–Crippen MR) is 84.9 cm³/mol. The van der Waals surface area contributed by atoms with E-state index in [1.807, 2.05) is 0 Å². The zero-order chi connectivity index (χ0) is 13.8. The average Bonchev–Trinajstić information content (AvgIpc) is 2.90. The van der Waals surface area contributed by atoms with Crippen molar-refractivity contribution in [3.8, 4) is 0 Å². The van der Waals surface area contributed by atoms with E-state index in [4.69, 9.17) is 5.73 Å². The van der Waals surface area contributed by atoms with Crippen LogP contribution in [0.25, 0.3) is 10.9 Å². The molecular weight excluding hydrogens is 244 g/mol. The van der Waals surface area contributed by atoms with Crippen molar-refractivity contribution in [2.45, 2.75) is 19.4 Å². The van der Waals surface area contributed by atoms with Crippen molar-refractivity contribution in [2.75, 3.05) is 6.54 Å². The Morgan fingerprint density at radius 2 is 1.75 bits per heavy atom. The van der Waals surface area contributed by atoms with Crippen LogP contribution in [0.4, 0.5) is 0 Å². The van der Waals surface area contributed by atoms with E-state index in [-0.39, 0.29) is 0 Å². The summed E-state index contributed by atoms with van der Waals surface area (Å²) in [6.45, 7) is 1.67. The van der Waals surface area contributed by atoms with Crippen LogP contribution >= 0.6 is 0 Å². The summed E-state index contributed by atoms with van der Waals surface area (Å²) in [5, 5.41) is 1.32. The van der Waals surface area contributed by atoms with Gasteiger partial charge in [-0.2, -0.15) is 0 Å². The highest BCUT2D eigenvalue weighted by atomic mass is 15.0. The highest BCUT2D eigenvalue weighted by Crippen LogP contribution is 2.22. The molecule has 1 heterocycles. The average molecular weight is 264 g/mol. The summed E-state index contributed by atoms with van der Waals surface area (Å²) in [6, 6.07) is 19.3. The summed E-state index contributed by atoms with van der Waals surface area (Å²) >= 11 is 0. The summed E-state index contributed by atoms with van der Waals surface area (Å²) in [5.41, 5.74) is 9.73. The minimum absolute atomic E-state index is 0.746. The van der Waals surface area contributed by atoms with E-state index < -0.39 is 0 Å². The smallest absolute Gasteiger partial charge is 0.0515 e. The maximum absolute atomic E-state index is 5.65. The molecule has 0 unspecified atom stereocenters. The number of hydrogen-bond donors (Lipinski definition) is 1. The molecule has 0 amide bonds. The molecule has 2 nitrogen and oxygen atoms in total. The minimum Gasteiger partial charge on any atom is -0.343 e. The highest BCUT2D eigenvalue weighted by molar-refractivity contribution is 5.83. The van der Waals surface area contributed by atoms with Gasteiger partial charge in [0.25, 0.3) is 0 Å². The highest BCUT2D eigenvalue weighted by Gasteiger charge is 2.06. The van der Waals surface area contributed by atoms with Crippen LogP contribution in [0.1, 0.15) is 17.5 Å². The molecule has 0 bridgehead atoms. The lowest BCUT2D eigenvalue weighted by molar-refractivity contribution is 0.807. The van der Waals surface area contributed by atoms with Crippen molar-refractivity contribution in [3.63, 3.8) is 0 Å². The van der Waals surface area contributed by atoms with E-state index in [0.29, 0.717) is 0 Å². The van der Waals surface area contributed by atoms with Crippen molar-refractivity contribution in [1.29, 1.82) is 0 Å². The molecule has 0 atom stereocenters. The van der Waals surface area contributed by atoms with Gasteiger partial charge in [-0.25, -0.2) is 0 Å². The molecule has 0 aliphatic carbocycles. The number of aromatic nitrogens is 1. The van der Waals surface area contributed by atoms with Crippen molar-refractivity contribution in [3.05, 3.63) is 71.9 Å². The number of nitrogens with zero attached hydrogens (tertiary/aromatic N) is 1. The van der Waals surface area contributed by atoms with Crippen molar-refractivity contribution >= 4 is 10.9 Å². The van der Waals surface area contributed by atoms with Crippen LogP contribution in [0.15, 0.2) is 60.8 Å². The fourth-order valence-electron chi connectivity index (χ4n) is 2.75. The summed E-state index contributed by atoms with van der Waals surface area (Å²) in [4.78, 5) is 0. The first kappa shape index (κ1) is 12.9. The Hall–Kier alpha value is -2.06. The predicted octanol–water partition coefficient (Wildman–Crippen LogP) is 3.58. The lowest BCUT2D eigenvalue weighted by Crippen LogP contribution is -2.03. The Labute approximate surface area is 119 Å². The maximum atomic E-state index is 5.65. The van der Waals surface area contributed by atoms with Crippen LogP contribution in [0, 0.1) is 0 Å². The molecule has 0 fully saturated rings. The number of aryl methyl sites for hydroxylation is 1. The zero-order valence-corrected chi connectivity index (χ0v) is 11.6. The largest absolute Gasteiger partial charge is 0.343 e. The van der Waals surface area contributed by atoms with E-state index in [0.717, 1.165) is 25.9 Å². The summed E-state index contributed by atoms with van der Waals surface area (Å²) in [6.07, 6.45) is 4.27. The van der Waals surface area contributed by atoms with Crippen LogP contribution in [0.5, 0.6) is 0 Å².